The molecule has 0 aliphatic heterocycles. The molecule has 106 valence electrons. The van der Waals surface area contributed by atoms with Gasteiger partial charge in [0, 0.05) is 24.0 Å². The van der Waals surface area contributed by atoms with Crippen molar-refractivity contribution in [3.63, 3.8) is 0 Å². The molecule has 5 heteroatoms. The van der Waals surface area contributed by atoms with Crippen molar-refractivity contribution in [1.82, 2.24) is 4.98 Å². The number of aromatic amines is 1. The van der Waals surface area contributed by atoms with Crippen LogP contribution in [0, 0.1) is 0 Å². The largest absolute Gasteiger partial charge is 0.488 e. The van der Waals surface area contributed by atoms with Crippen molar-refractivity contribution >= 4 is 5.69 Å². The van der Waals surface area contributed by atoms with E-state index in [-0.39, 0.29) is 12.0 Å². The molecule has 2 rings (SSSR count). The summed E-state index contributed by atoms with van der Waals surface area (Å²) in [5, 5.41) is 0. The first kappa shape index (κ1) is 14.0. The van der Waals surface area contributed by atoms with Crippen LogP contribution in [0.2, 0.25) is 0 Å². The van der Waals surface area contributed by atoms with Crippen molar-refractivity contribution in [1.29, 1.82) is 0 Å². The smallest absolute Gasteiger partial charge is 0.223 e. The summed E-state index contributed by atoms with van der Waals surface area (Å²) in [4.78, 5) is 14.8. The van der Waals surface area contributed by atoms with Gasteiger partial charge in [-0.05, 0) is 18.6 Å². The molecule has 20 heavy (non-hydrogen) atoms. The van der Waals surface area contributed by atoms with Gasteiger partial charge in [-0.1, -0.05) is 13.0 Å². The number of rotatable bonds is 6. The third kappa shape index (κ3) is 3.78. The second kappa shape index (κ2) is 6.65. The van der Waals surface area contributed by atoms with Crippen LogP contribution in [0.5, 0.6) is 11.5 Å². The number of nitrogens with one attached hydrogen (secondary N) is 1. The van der Waals surface area contributed by atoms with Crippen LogP contribution in [0.25, 0.3) is 0 Å². The van der Waals surface area contributed by atoms with Crippen molar-refractivity contribution in [3.05, 3.63) is 52.4 Å². The Balaban J connectivity index is 2.00. The molecule has 0 aliphatic carbocycles. The molecule has 5 nitrogen and oxygen atoms in total. The minimum Gasteiger partial charge on any atom is -0.488 e. The maximum absolute atomic E-state index is 11.8. The molecular weight excluding hydrogens is 256 g/mol. The van der Waals surface area contributed by atoms with Gasteiger partial charge in [0.1, 0.15) is 12.4 Å². The van der Waals surface area contributed by atoms with Gasteiger partial charge in [0.2, 0.25) is 5.43 Å². The van der Waals surface area contributed by atoms with Crippen LogP contribution < -0.4 is 20.6 Å². The van der Waals surface area contributed by atoms with Crippen LogP contribution in [-0.4, -0.2) is 11.6 Å². The third-order valence-corrected chi connectivity index (χ3v) is 2.65. The molecule has 0 aliphatic rings. The number of nitrogen functional groups attached to an aromatic ring is 1. The topological polar surface area (TPSA) is 77.3 Å². The fourth-order valence-electron chi connectivity index (χ4n) is 1.67. The van der Waals surface area contributed by atoms with Crippen molar-refractivity contribution in [2.45, 2.75) is 20.0 Å². The second-order valence-corrected chi connectivity index (χ2v) is 4.40. The summed E-state index contributed by atoms with van der Waals surface area (Å²) in [6.07, 6.45) is 2.43. The summed E-state index contributed by atoms with van der Waals surface area (Å²) in [6.45, 7) is 2.79. The maximum atomic E-state index is 11.8. The molecule has 1 aromatic carbocycles. The first-order chi connectivity index (χ1) is 9.69. The number of aromatic nitrogens is 1. The Hall–Kier alpha value is -2.43. The van der Waals surface area contributed by atoms with Crippen LogP contribution in [0.4, 0.5) is 5.69 Å². The SMILES string of the molecule is CCCOc1c[nH]c(COc2cccc(N)c2)cc1=O. The lowest BCUT2D eigenvalue weighted by molar-refractivity contribution is 0.297. The molecule has 0 radical (unpaired) electrons. The molecule has 1 aromatic heterocycles. The highest BCUT2D eigenvalue weighted by Crippen LogP contribution is 2.15. The minimum atomic E-state index is -0.150. The number of H-pyrrole nitrogens is 1. The Labute approximate surface area is 117 Å². The summed E-state index contributed by atoms with van der Waals surface area (Å²) in [5.74, 6) is 0.997. The Kier molecular flexibility index (Phi) is 4.65. The molecule has 0 saturated heterocycles. The number of hydrogen-bond acceptors (Lipinski definition) is 4. The lowest BCUT2D eigenvalue weighted by Gasteiger charge is -2.08. The second-order valence-electron chi connectivity index (χ2n) is 4.40. The average molecular weight is 274 g/mol. The van der Waals surface area contributed by atoms with Gasteiger partial charge in [0.15, 0.2) is 5.75 Å². The van der Waals surface area contributed by atoms with Crippen molar-refractivity contribution in [2.75, 3.05) is 12.3 Å². The van der Waals surface area contributed by atoms with Crippen LogP contribution in [-0.2, 0) is 6.61 Å². The summed E-state index contributed by atoms with van der Waals surface area (Å²) >= 11 is 0. The van der Waals surface area contributed by atoms with E-state index in [2.05, 4.69) is 4.98 Å². The van der Waals surface area contributed by atoms with E-state index in [1.54, 1.807) is 18.3 Å². The first-order valence-corrected chi connectivity index (χ1v) is 6.52. The van der Waals surface area contributed by atoms with Gasteiger partial charge < -0.3 is 20.2 Å². The van der Waals surface area contributed by atoms with Crippen LogP contribution >= 0.6 is 0 Å². The van der Waals surface area contributed by atoms with Gasteiger partial charge >= 0.3 is 0 Å². The van der Waals surface area contributed by atoms with Crippen LogP contribution in [0.15, 0.2) is 41.3 Å². The minimum absolute atomic E-state index is 0.150. The zero-order valence-corrected chi connectivity index (χ0v) is 11.4. The van der Waals surface area contributed by atoms with Crippen LogP contribution in [0.1, 0.15) is 19.0 Å². The lowest BCUT2D eigenvalue weighted by Crippen LogP contribution is -2.11. The maximum Gasteiger partial charge on any atom is 0.223 e. The van der Waals surface area contributed by atoms with Gasteiger partial charge in [-0.2, -0.15) is 0 Å². The number of anilines is 1. The zero-order valence-electron chi connectivity index (χ0n) is 11.4. The lowest BCUT2D eigenvalue weighted by atomic mass is 10.3. The van der Waals surface area contributed by atoms with E-state index in [4.69, 9.17) is 15.2 Å². The highest BCUT2D eigenvalue weighted by atomic mass is 16.5. The monoisotopic (exact) mass is 274 g/mol. The summed E-state index contributed by atoms with van der Waals surface area (Å²) in [5.41, 5.74) is 6.83. The molecule has 0 bridgehead atoms. The number of nitrogens with two attached hydrogens (primary N) is 1. The molecule has 2 aromatic rings. The molecular formula is C15H18N2O3. The zero-order chi connectivity index (χ0) is 14.4. The molecule has 3 N–H and O–H groups in total. The average Bonchev–Trinajstić information content (AvgIpc) is 2.44. The predicted octanol–water partition coefficient (Wildman–Crippen LogP) is 2.32. The van der Waals surface area contributed by atoms with E-state index in [1.165, 1.54) is 6.07 Å². The molecule has 0 unspecified atom stereocenters. The highest BCUT2D eigenvalue weighted by Gasteiger charge is 2.03. The molecule has 1 heterocycles. The first-order valence-electron chi connectivity index (χ1n) is 6.52. The fourth-order valence-corrected chi connectivity index (χ4v) is 1.67. The molecule has 0 spiro atoms. The Morgan fingerprint density at radius 3 is 2.80 bits per heavy atom. The van der Waals surface area contributed by atoms with E-state index < -0.39 is 0 Å². The van der Waals surface area contributed by atoms with Crippen molar-refractivity contribution < 1.29 is 9.47 Å². The number of benzene rings is 1. The van der Waals surface area contributed by atoms with Gasteiger partial charge in [0.05, 0.1) is 12.3 Å². The van der Waals surface area contributed by atoms with Gasteiger partial charge in [-0.3, -0.25) is 4.79 Å². The van der Waals surface area contributed by atoms with Gasteiger partial charge in [-0.15, -0.1) is 0 Å². The summed E-state index contributed by atoms with van der Waals surface area (Å²) in [6, 6.07) is 8.63. The third-order valence-electron chi connectivity index (χ3n) is 2.65. The number of pyridine rings is 1. The van der Waals surface area contributed by atoms with E-state index in [0.29, 0.717) is 29.5 Å². The molecule has 0 saturated carbocycles. The summed E-state index contributed by atoms with van der Waals surface area (Å²) < 4.78 is 10.9. The van der Waals surface area contributed by atoms with E-state index in [9.17, 15) is 4.79 Å². The predicted molar refractivity (Wildman–Crippen MR) is 78.0 cm³/mol. The van der Waals surface area contributed by atoms with Crippen molar-refractivity contribution in [3.8, 4) is 11.5 Å². The Bertz CT molecular complexity index is 623. The number of ether oxygens (including phenoxy) is 2. The van der Waals surface area contributed by atoms with E-state index in [1.807, 2.05) is 19.1 Å². The summed E-state index contributed by atoms with van der Waals surface area (Å²) in [7, 11) is 0. The normalized spacial score (nSPS) is 10.2. The highest BCUT2D eigenvalue weighted by molar-refractivity contribution is 5.43. The quantitative estimate of drug-likeness (QED) is 0.792. The van der Waals surface area contributed by atoms with E-state index >= 15 is 0 Å². The number of hydrogen-bond donors (Lipinski definition) is 2. The molecule has 0 atom stereocenters. The van der Waals surface area contributed by atoms with Gasteiger partial charge in [-0.25, -0.2) is 0 Å². The van der Waals surface area contributed by atoms with Crippen molar-refractivity contribution in [2.24, 2.45) is 0 Å². The molecule has 0 amide bonds. The standard InChI is InChI=1S/C15H18N2O3/c1-2-6-19-15-9-17-12(8-14(15)18)10-20-13-5-3-4-11(16)7-13/h3-5,7-9H,2,6,10,16H2,1H3,(H,17,18). The molecule has 0 fully saturated rings. The van der Waals surface area contributed by atoms with Gasteiger partial charge in [0.25, 0.3) is 0 Å². The van der Waals surface area contributed by atoms with Crippen LogP contribution in [0.3, 0.4) is 0 Å². The Morgan fingerprint density at radius 1 is 1.25 bits per heavy atom. The Morgan fingerprint density at radius 2 is 2.10 bits per heavy atom. The van der Waals surface area contributed by atoms with E-state index in [0.717, 1.165) is 6.42 Å². The fraction of sp³-hybridized carbons (Fsp3) is 0.267.